The summed E-state index contributed by atoms with van der Waals surface area (Å²) in [5.74, 6) is -1.78. The maximum absolute atomic E-state index is 15.4. The first-order valence-electron chi connectivity index (χ1n) is 15.4. The van der Waals surface area contributed by atoms with Crippen molar-refractivity contribution in [3.05, 3.63) is 129 Å². The lowest BCUT2D eigenvalue weighted by atomic mass is 9.85. The number of aliphatic hydroxyl groups is 1. The minimum Gasteiger partial charge on any atom is -0.481 e. The Balaban J connectivity index is 1.62. The van der Waals surface area contributed by atoms with E-state index in [0.29, 0.717) is 22.0 Å². The number of benzene rings is 3. The molecule has 258 valence electrons. The lowest BCUT2D eigenvalue weighted by Gasteiger charge is -2.25. The molecule has 4 atom stereocenters. The summed E-state index contributed by atoms with van der Waals surface area (Å²) in [4.78, 5) is 21.2. The molecule has 4 rings (SSSR count). The number of ether oxygens (including phenoxy) is 1. The van der Waals surface area contributed by atoms with Crippen molar-refractivity contribution < 1.29 is 27.4 Å². The number of carbonyl (C=O) groups excluding carboxylic acids is 1. The van der Waals surface area contributed by atoms with Crippen LogP contribution in [-0.4, -0.2) is 62.8 Å². The number of pyridine rings is 1. The number of hydrogen-bond donors (Lipinski definition) is 4. The van der Waals surface area contributed by atoms with Crippen molar-refractivity contribution in [2.24, 2.45) is 5.11 Å². The van der Waals surface area contributed by atoms with E-state index in [2.05, 4.69) is 30.4 Å². The molecule has 15 heteroatoms. The number of carbonyl (C=O) groups is 1. The number of methoxy groups -OCH3 is 1. The molecule has 1 amide bonds. The molecule has 0 aliphatic rings. The van der Waals surface area contributed by atoms with Gasteiger partial charge in [-0.05, 0) is 72.8 Å². The van der Waals surface area contributed by atoms with Gasteiger partial charge >= 0.3 is 0 Å². The first-order valence-corrected chi connectivity index (χ1v) is 17.2. The Morgan fingerprint density at radius 1 is 1.04 bits per heavy atom. The van der Waals surface area contributed by atoms with E-state index >= 15 is 4.39 Å². The summed E-state index contributed by atoms with van der Waals surface area (Å²) < 4.78 is 49.5. The molecule has 3 aromatic carbocycles. The lowest BCUT2D eigenvalue weighted by molar-refractivity contribution is -0.117. The molecule has 4 N–H and O–H groups in total. The number of hydrogen-bond acceptors (Lipinski definition) is 8. The van der Waals surface area contributed by atoms with Crippen LogP contribution in [0.5, 0.6) is 5.88 Å². The maximum Gasteiger partial charge on any atom is 0.240 e. The monoisotopic (exact) mass is 709 g/mol. The second-order valence-electron chi connectivity index (χ2n) is 11.2. The summed E-state index contributed by atoms with van der Waals surface area (Å²) in [6, 6.07) is 20.0. The standard InChI is InChI=1S/C34H37ClFN7O5S/c1-22(44)19-38-21-26(42-49(46,47)27-7-4-3-5-8-27)16-17-28-29(36)9-6-10-30(28)40-34(45)33(41-43-37)32(23-11-14-25(35)15-12-23)24-13-18-31(48-2)39-20-24/h3-15,18,20,22,26,32-33,38,42,44H,16-17,19,21H2,1-2H3,(H,40,45)/t22-,26+,32+,33+/m1/s1. The quantitative estimate of drug-likeness (QED) is 0.0628. The second-order valence-corrected chi connectivity index (χ2v) is 13.4. The summed E-state index contributed by atoms with van der Waals surface area (Å²) in [5, 5.41) is 19.8. The van der Waals surface area contributed by atoms with E-state index in [1.165, 1.54) is 43.6 Å². The number of aliphatic hydroxyl groups excluding tert-OH is 1. The SMILES string of the molecule is COc1ccc([C@H](c2ccc(Cl)cc2)[C@H](N=[N+]=[N-])C(=O)Nc2cccc(F)c2CC[C@@H](CNC[C@@H](C)O)NS(=O)(=O)c2ccccc2)cn1. The van der Waals surface area contributed by atoms with Crippen LogP contribution in [0.3, 0.4) is 0 Å². The average molecular weight is 710 g/mol. The van der Waals surface area contributed by atoms with Crippen molar-refractivity contribution in [3.8, 4) is 5.88 Å². The molecule has 0 bridgehead atoms. The number of nitrogens with one attached hydrogen (secondary N) is 3. The number of azide groups is 1. The summed E-state index contributed by atoms with van der Waals surface area (Å²) in [7, 11) is -2.45. The predicted molar refractivity (Wildman–Crippen MR) is 185 cm³/mol. The van der Waals surface area contributed by atoms with E-state index in [4.69, 9.17) is 16.3 Å². The molecule has 1 aromatic heterocycles. The highest BCUT2D eigenvalue weighted by molar-refractivity contribution is 7.89. The van der Waals surface area contributed by atoms with Crippen molar-refractivity contribution in [1.29, 1.82) is 0 Å². The summed E-state index contributed by atoms with van der Waals surface area (Å²) in [6.07, 6.45) is 0.999. The van der Waals surface area contributed by atoms with Crippen LogP contribution >= 0.6 is 11.6 Å². The number of sulfonamides is 1. The van der Waals surface area contributed by atoms with E-state index in [1.54, 1.807) is 61.5 Å². The van der Waals surface area contributed by atoms with Gasteiger partial charge in [0.15, 0.2) is 0 Å². The molecule has 4 aromatic rings. The summed E-state index contributed by atoms with van der Waals surface area (Å²) >= 11 is 6.13. The molecule has 0 saturated carbocycles. The number of halogens is 2. The maximum atomic E-state index is 15.4. The van der Waals surface area contributed by atoms with Crippen LogP contribution in [0.1, 0.15) is 36.0 Å². The Hall–Kier alpha value is -4.56. The van der Waals surface area contributed by atoms with E-state index in [-0.39, 0.29) is 42.1 Å². The van der Waals surface area contributed by atoms with E-state index in [1.807, 2.05) is 0 Å². The minimum atomic E-state index is -3.92. The Labute approximate surface area is 289 Å². The number of aromatic nitrogens is 1. The first-order chi connectivity index (χ1) is 23.5. The van der Waals surface area contributed by atoms with Crippen LogP contribution in [0.4, 0.5) is 10.1 Å². The van der Waals surface area contributed by atoms with Gasteiger partial charge in [0.05, 0.1) is 18.1 Å². The third kappa shape index (κ3) is 10.5. The average Bonchev–Trinajstić information content (AvgIpc) is 3.08. The molecular formula is C34H37ClFN7O5S. The third-order valence-corrected chi connectivity index (χ3v) is 9.43. The van der Waals surface area contributed by atoms with Gasteiger partial charge in [-0.15, -0.1) is 0 Å². The molecule has 0 fully saturated rings. The molecule has 0 aliphatic heterocycles. The van der Waals surface area contributed by atoms with Crippen molar-refractivity contribution in [2.75, 3.05) is 25.5 Å². The van der Waals surface area contributed by atoms with Crippen molar-refractivity contribution in [1.82, 2.24) is 15.0 Å². The number of nitrogens with zero attached hydrogens (tertiary/aromatic N) is 4. The smallest absolute Gasteiger partial charge is 0.240 e. The zero-order valence-corrected chi connectivity index (χ0v) is 28.4. The van der Waals surface area contributed by atoms with Gasteiger partial charge < -0.3 is 20.5 Å². The summed E-state index contributed by atoms with van der Waals surface area (Å²) in [6.45, 7) is 1.95. The summed E-state index contributed by atoms with van der Waals surface area (Å²) in [5.41, 5.74) is 11.0. The molecule has 0 unspecified atom stereocenters. The van der Waals surface area contributed by atoms with E-state index in [0.717, 1.165) is 0 Å². The first kappa shape index (κ1) is 37.3. The Morgan fingerprint density at radius 3 is 2.39 bits per heavy atom. The van der Waals surface area contributed by atoms with Crippen molar-refractivity contribution >= 4 is 33.2 Å². The molecular weight excluding hydrogens is 673 g/mol. The topological polar surface area (TPSA) is 178 Å². The second kappa shape index (κ2) is 17.7. The van der Waals surface area contributed by atoms with Crippen LogP contribution < -0.4 is 20.1 Å². The highest BCUT2D eigenvalue weighted by Crippen LogP contribution is 2.33. The fourth-order valence-corrected chi connectivity index (χ4v) is 6.68. The Bertz CT molecular complexity index is 1840. The zero-order chi connectivity index (χ0) is 35.4. The van der Waals surface area contributed by atoms with Crippen molar-refractivity contribution in [3.63, 3.8) is 0 Å². The Morgan fingerprint density at radius 2 is 1.76 bits per heavy atom. The molecule has 0 saturated heterocycles. The van der Waals surface area contributed by atoms with Crippen LogP contribution in [0.25, 0.3) is 10.4 Å². The van der Waals surface area contributed by atoms with Gasteiger partial charge in [0.25, 0.3) is 0 Å². The fraction of sp³-hybridized carbons (Fsp3) is 0.294. The zero-order valence-electron chi connectivity index (χ0n) is 26.8. The van der Waals surface area contributed by atoms with Gasteiger partial charge in [-0.2, -0.15) is 0 Å². The normalized spacial score (nSPS) is 13.8. The molecule has 49 heavy (non-hydrogen) atoms. The van der Waals surface area contributed by atoms with Gasteiger partial charge in [-0.3, -0.25) is 4.79 Å². The number of anilines is 1. The Kier molecular flexibility index (Phi) is 13.5. The van der Waals surface area contributed by atoms with Gasteiger partial charge in [-0.1, -0.05) is 59.2 Å². The highest BCUT2D eigenvalue weighted by atomic mass is 35.5. The van der Waals surface area contributed by atoms with Crippen LogP contribution in [-0.2, 0) is 21.2 Å². The number of amides is 1. The van der Waals surface area contributed by atoms with E-state index < -0.39 is 45.9 Å². The molecule has 0 radical (unpaired) electrons. The molecule has 1 heterocycles. The molecule has 0 spiro atoms. The van der Waals surface area contributed by atoms with Gasteiger partial charge in [-0.25, -0.2) is 22.5 Å². The van der Waals surface area contributed by atoms with E-state index in [9.17, 15) is 23.8 Å². The fourth-order valence-electron chi connectivity index (χ4n) is 5.26. The van der Waals surface area contributed by atoms with Crippen LogP contribution in [0, 0.1) is 5.82 Å². The third-order valence-electron chi connectivity index (χ3n) is 7.64. The van der Waals surface area contributed by atoms with Gasteiger partial charge in [0.2, 0.25) is 21.8 Å². The van der Waals surface area contributed by atoms with Crippen LogP contribution in [0.15, 0.2) is 101 Å². The predicted octanol–water partition coefficient (Wildman–Crippen LogP) is 5.58. The van der Waals surface area contributed by atoms with Crippen LogP contribution in [0.2, 0.25) is 5.02 Å². The van der Waals surface area contributed by atoms with Gasteiger partial charge in [0, 0.05) is 58.5 Å². The molecule has 0 aliphatic carbocycles. The lowest BCUT2D eigenvalue weighted by Crippen LogP contribution is -2.43. The highest BCUT2D eigenvalue weighted by Gasteiger charge is 2.32. The minimum absolute atomic E-state index is 0.0236. The number of rotatable bonds is 17. The largest absolute Gasteiger partial charge is 0.481 e. The molecule has 12 nitrogen and oxygen atoms in total. The van der Waals surface area contributed by atoms with Crippen molar-refractivity contribution in [2.45, 2.75) is 48.8 Å². The van der Waals surface area contributed by atoms with Gasteiger partial charge in [0.1, 0.15) is 11.9 Å².